The molecule has 0 radical (unpaired) electrons. The number of carbonyl (C=O) groups excluding carboxylic acids is 2. The van der Waals surface area contributed by atoms with Crippen molar-refractivity contribution < 1.29 is 54.9 Å². The summed E-state index contributed by atoms with van der Waals surface area (Å²) in [4.78, 5) is 25.5. The van der Waals surface area contributed by atoms with E-state index in [0.29, 0.717) is 17.2 Å². The van der Waals surface area contributed by atoms with Crippen LogP contribution in [0.25, 0.3) is 0 Å². The van der Waals surface area contributed by atoms with E-state index in [4.69, 9.17) is 18.9 Å². The number of ether oxygens (including phenoxy) is 4. The summed E-state index contributed by atoms with van der Waals surface area (Å²) in [5, 5.41) is 5.17. The molecule has 242 valence electrons. The van der Waals surface area contributed by atoms with Crippen LogP contribution in [0.4, 0.5) is 42.5 Å². The lowest BCUT2D eigenvalue weighted by Crippen LogP contribution is -2.20. The maximum atomic E-state index is 13.2. The van der Waals surface area contributed by atoms with Crippen molar-refractivity contribution in [3.05, 3.63) is 113 Å². The summed E-state index contributed by atoms with van der Waals surface area (Å²) in [6, 6.07) is 15.6. The molecule has 0 unspecified atom stereocenters. The van der Waals surface area contributed by atoms with Crippen LogP contribution in [0.2, 0.25) is 0 Å². The highest BCUT2D eigenvalue weighted by Gasteiger charge is 2.32. The van der Waals surface area contributed by atoms with Crippen LogP contribution in [0.5, 0.6) is 17.2 Å². The smallest absolute Gasteiger partial charge is 0.416 e. The third kappa shape index (κ3) is 8.00. The fourth-order valence-electron chi connectivity index (χ4n) is 4.34. The van der Waals surface area contributed by atoms with Crippen molar-refractivity contribution >= 4 is 23.4 Å². The number of hydrogen-bond donors (Lipinski definition) is 2. The highest BCUT2D eigenvalue weighted by Crippen LogP contribution is 2.37. The molecule has 4 aromatic carbocycles. The van der Waals surface area contributed by atoms with Gasteiger partial charge in [0.05, 0.1) is 32.5 Å². The number of urea groups is 1. The number of amides is 2. The number of alkyl halides is 6. The number of anilines is 2. The predicted octanol–water partition coefficient (Wildman–Crippen LogP) is 8.34. The highest BCUT2D eigenvalue weighted by molar-refractivity contribution is 6.01. The van der Waals surface area contributed by atoms with Gasteiger partial charge in [-0.05, 0) is 65.7 Å². The lowest BCUT2D eigenvalue weighted by atomic mass is 9.98. The average Bonchev–Trinajstić information content (AvgIpc) is 3.02. The van der Waals surface area contributed by atoms with Gasteiger partial charge < -0.3 is 29.6 Å². The van der Waals surface area contributed by atoms with Gasteiger partial charge in [-0.2, -0.15) is 26.3 Å². The Kier molecular flexibility index (Phi) is 9.98. The molecule has 0 bridgehead atoms. The number of hydrogen-bond acceptors (Lipinski definition) is 6. The lowest BCUT2D eigenvalue weighted by molar-refractivity contribution is -0.138. The molecule has 0 aliphatic rings. The first-order valence-corrected chi connectivity index (χ1v) is 13.3. The van der Waals surface area contributed by atoms with E-state index in [1.54, 1.807) is 12.1 Å². The zero-order valence-corrected chi connectivity index (χ0v) is 24.4. The van der Waals surface area contributed by atoms with Crippen molar-refractivity contribution in [2.24, 2.45) is 0 Å². The summed E-state index contributed by atoms with van der Waals surface area (Å²) < 4.78 is 101. The molecule has 0 aliphatic carbocycles. The minimum absolute atomic E-state index is 0.123. The Bertz CT molecular complexity index is 1630. The van der Waals surface area contributed by atoms with Crippen molar-refractivity contribution in [3.63, 3.8) is 0 Å². The Hall–Kier alpha value is -5.40. The number of nitrogens with one attached hydrogen (secondary N) is 2. The van der Waals surface area contributed by atoms with Crippen LogP contribution < -0.4 is 24.8 Å². The molecule has 0 aliphatic heterocycles. The van der Waals surface area contributed by atoms with Crippen molar-refractivity contribution in [2.45, 2.75) is 18.5 Å². The first-order valence-electron chi connectivity index (χ1n) is 13.3. The van der Waals surface area contributed by atoms with Crippen molar-refractivity contribution in [3.8, 4) is 17.2 Å². The maximum absolute atomic E-state index is 13.2. The lowest BCUT2D eigenvalue weighted by Gasteiger charge is -2.23. The van der Waals surface area contributed by atoms with Gasteiger partial charge in [-0.3, -0.25) is 0 Å². The molecule has 46 heavy (non-hydrogen) atoms. The highest BCUT2D eigenvalue weighted by atomic mass is 19.4. The van der Waals surface area contributed by atoms with E-state index in [-0.39, 0.29) is 28.1 Å². The molecule has 4 aromatic rings. The molecule has 14 heteroatoms. The minimum Gasteiger partial charge on any atom is -0.493 e. The summed E-state index contributed by atoms with van der Waals surface area (Å²) in [6.45, 7) is 0. The Balaban J connectivity index is 1.65. The van der Waals surface area contributed by atoms with Crippen LogP contribution in [0.15, 0.2) is 84.9 Å². The van der Waals surface area contributed by atoms with Crippen molar-refractivity contribution in [1.82, 2.24) is 0 Å². The topological polar surface area (TPSA) is 95.1 Å². The fraction of sp³-hybridized carbons (Fsp3) is 0.188. The van der Waals surface area contributed by atoms with Gasteiger partial charge in [0, 0.05) is 17.4 Å². The average molecular weight is 649 g/mol. The second kappa shape index (κ2) is 13.7. The van der Waals surface area contributed by atoms with Crippen LogP contribution in [0, 0.1) is 0 Å². The first-order chi connectivity index (χ1) is 21.7. The molecule has 0 saturated carbocycles. The van der Waals surface area contributed by atoms with Crippen molar-refractivity contribution in [1.29, 1.82) is 0 Å². The van der Waals surface area contributed by atoms with E-state index in [0.717, 1.165) is 55.6 Å². The zero-order chi connectivity index (χ0) is 33.6. The Morgan fingerprint density at radius 2 is 1.07 bits per heavy atom. The van der Waals surface area contributed by atoms with Crippen LogP contribution in [-0.2, 0) is 17.1 Å². The normalized spacial score (nSPS) is 11.5. The minimum atomic E-state index is -4.63. The zero-order valence-electron chi connectivity index (χ0n) is 24.4. The van der Waals surface area contributed by atoms with Crippen LogP contribution in [-0.4, -0.2) is 33.3 Å². The molecule has 0 saturated heterocycles. The maximum Gasteiger partial charge on any atom is 0.416 e. The van der Waals surface area contributed by atoms with E-state index in [2.05, 4.69) is 10.6 Å². The summed E-state index contributed by atoms with van der Waals surface area (Å²) in [5.41, 5.74) is -1.28. The van der Waals surface area contributed by atoms with Gasteiger partial charge in [-0.1, -0.05) is 24.3 Å². The van der Waals surface area contributed by atoms with Gasteiger partial charge in [0.25, 0.3) is 0 Å². The standard InChI is InChI=1S/C32H26F6N2O6/c1-43-26-15-13-23(17-27(26)44-2)40-30(42)39-22-12-14-25(24(16-22)29(41)45-3)46-28(18-4-8-20(9-5-18)31(33,34)35)19-6-10-21(11-7-19)32(36,37)38/h4-17,28H,1-3H3,(H2,39,40,42). The summed E-state index contributed by atoms with van der Waals surface area (Å²) in [5.74, 6) is -0.205. The Morgan fingerprint density at radius 1 is 0.609 bits per heavy atom. The second-order valence-electron chi connectivity index (χ2n) is 9.59. The number of rotatable bonds is 9. The fourth-order valence-corrected chi connectivity index (χ4v) is 4.34. The van der Waals surface area contributed by atoms with E-state index in [9.17, 15) is 35.9 Å². The third-order valence-electron chi connectivity index (χ3n) is 6.61. The van der Waals surface area contributed by atoms with E-state index in [1.165, 1.54) is 38.5 Å². The van der Waals surface area contributed by atoms with Crippen LogP contribution in [0.1, 0.15) is 38.7 Å². The number of carbonyl (C=O) groups is 2. The second-order valence-corrected chi connectivity index (χ2v) is 9.59. The van der Waals surface area contributed by atoms with Crippen LogP contribution in [0.3, 0.4) is 0 Å². The van der Waals surface area contributed by atoms with Gasteiger partial charge in [0.15, 0.2) is 11.5 Å². The Morgan fingerprint density at radius 3 is 1.50 bits per heavy atom. The third-order valence-corrected chi connectivity index (χ3v) is 6.61. The predicted molar refractivity (Wildman–Crippen MR) is 155 cm³/mol. The molecule has 2 N–H and O–H groups in total. The van der Waals surface area contributed by atoms with E-state index < -0.39 is 41.6 Å². The molecule has 4 rings (SSSR count). The number of benzene rings is 4. The summed E-state index contributed by atoms with van der Waals surface area (Å²) >= 11 is 0. The Labute approximate surface area is 258 Å². The van der Waals surface area contributed by atoms with Gasteiger partial charge in [0.1, 0.15) is 17.4 Å². The molecular formula is C32H26F6N2O6. The van der Waals surface area contributed by atoms with Gasteiger partial charge in [0.2, 0.25) is 0 Å². The summed E-state index contributed by atoms with van der Waals surface area (Å²) in [6.07, 6.45) is -10.5. The molecule has 0 spiro atoms. The van der Waals surface area contributed by atoms with Gasteiger partial charge in [-0.25, -0.2) is 9.59 Å². The monoisotopic (exact) mass is 648 g/mol. The van der Waals surface area contributed by atoms with Gasteiger partial charge in [-0.15, -0.1) is 0 Å². The van der Waals surface area contributed by atoms with Crippen molar-refractivity contribution in [2.75, 3.05) is 32.0 Å². The first kappa shape index (κ1) is 33.5. The van der Waals surface area contributed by atoms with Gasteiger partial charge >= 0.3 is 24.4 Å². The molecule has 0 aromatic heterocycles. The summed E-state index contributed by atoms with van der Waals surface area (Å²) in [7, 11) is 3.98. The van der Waals surface area contributed by atoms with Crippen LogP contribution >= 0.6 is 0 Å². The van der Waals surface area contributed by atoms with E-state index >= 15 is 0 Å². The SMILES string of the molecule is COC(=O)c1cc(NC(=O)Nc2ccc(OC)c(OC)c2)ccc1OC(c1ccc(C(F)(F)F)cc1)c1ccc(C(F)(F)F)cc1. The largest absolute Gasteiger partial charge is 0.493 e. The van der Waals surface area contributed by atoms with E-state index in [1.807, 2.05) is 0 Å². The molecule has 2 amide bonds. The molecule has 8 nitrogen and oxygen atoms in total. The number of esters is 1. The molecule has 0 heterocycles. The molecule has 0 fully saturated rings. The molecular weight excluding hydrogens is 622 g/mol. The number of methoxy groups -OCH3 is 3. The number of halogens is 6. The molecule has 0 atom stereocenters. The quantitative estimate of drug-likeness (QED) is 0.140.